The van der Waals surface area contributed by atoms with Gasteiger partial charge in [0.15, 0.2) is 0 Å². The Labute approximate surface area is 104 Å². The molecule has 0 saturated carbocycles. The Morgan fingerprint density at radius 3 is 2.76 bits per heavy atom. The Morgan fingerprint density at radius 2 is 2.06 bits per heavy atom. The minimum absolute atomic E-state index is 0.275. The lowest BCUT2D eigenvalue weighted by molar-refractivity contribution is -0.126. The minimum atomic E-state index is 0.275. The van der Waals surface area contributed by atoms with Crippen molar-refractivity contribution in [2.45, 2.75) is 32.7 Å². The van der Waals surface area contributed by atoms with Gasteiger partial charge in [0.05, 0.1) is 0 Å². The highest BCUT2D eigenvalue weighted by Gasteiger charge is 2.25. The molecule has 1 aromatic carbocycles. The van der Waals surface area contributed by atoms with E-state index in [1.807, 2.05) is 6.07 Å². The van der Waals surface area contributed by atoms with E-state index >= 15 is 0 Å². The molecule has 1 aliphatic heterocycles. The van der Waals surface area contributed by atoms with Gasteiger partial charge in [0, 0.05) is 32.0 Å². The summed E-state index contributed by atoms with van der Waals surface area (Å²) in [6.45, 7) is 5.01. The zero-order valence-electron chi connectivity index (χ0n) is 10.6. The van der Waals surface area contributed by atoms with Crippen LogP contribution >= 0.6 is 0 Å². The second-order valence-electron chi connectivity index (χ2n) is 4.92. The molecule has 2 heteroatoms. The average Bonchev–Trinajstić information content (AvgIpc) is 2.35. The number of carbonyl (C=O) groups excluding carboxylic acids is 1. The molecule has 0 aromatic heterocycles. The maximum atomic E-state index is 11.8. The van der Waals surface area contributed by atoms with Crippen molar-refractivity contribution in [2.75, 3.05) is 13.1 Å². The highest BCUT2D eigenvalue weighted by Crippen LogP contribution is 2.19. The number of piperidine rings is 1. The molecular formula is C15H21NO. The predicted octanol–water partition coefficient (Wildman–Crippen LogP) is 2.88. The van der Waals surface area contributed by atoms with Crippen molar-refractivity contribution in [3.05, 3.63) is 35.9 Å². The maximum Gasteiger partial charge on any atom is 0.138 e. The van der Waals surface area contributed by atoms with Crippen molar-refractivity contribution < 1.29 is 4.79 Å². The van der Waals surface area contributed by atoms with Crippen LogP contribution in [0.4, 0.5) is 0 Å². The molecule has 2 rings (SSSR count). The Morgan fingerprint density at radius 1 is 1.29 bits per heavy atom. The van der Waals surface area contributed by atoms with E-state index in [9.17, 15) is 4.79 Å². The molecule has 17 heavy (non-hydrogen) atoms. The standard InChI is InChI=1S/C15H21NO/c1-2-6-14-12-16(10-9-15(14)17)11-13-7-4-3-5-8-13/h3-5,7-8,14H,2,6,9-12H2,1H3. The molecule has 0 aliphatic carbocycles. The molecule has 1 unspecified atom stereocenters. The lowest BCUT2D eigenvalue weighted by atomic mass is 9.92. The van der Waals surface area contributed by atoms with E-state index in [4.69, 9.17) is 0 Å². The minimum Gasteiger partial charge on any atom is -0.299 e. The number of Topliss-reactive ketones (excluding diaryl/α,β-unsaturated/α-hetero) is 1. The summed E-state index contributed by atoms with van der Waals surface area (Å²) >= 11 is 0. The Bertz CT molecular complexity index is 360. The van der Waals surface area contributed by atoms with Crippen molar-refractivity contribution in [1.82, 2.24) is 4.90 Å². The van der Waals surface area contributed by atoms with Crippen LogP contribution in [0.3, 0.4) is 0 Å². The summed E-state index contributed by atoms with van der Waals surface area (Å²) in [5.41, 5.74) is 1.34. The van der Waals surface area contributed by atoms with Crippen molar-refractivity contribution in [2.24, 2.45) is 5.92 Å². The molecule has 0 spiro atoms. The second kappa shape index (κ2) is 5.97. The zero-order valence-corrected chi connectivity index (χ0v) is 10.6. The first-order chi connectivity index (χ1) is 8.29. The number of ketones is 1. The number of hydrogen-bond donors (Lipinski definition) is 0. The summed E-state index contributed by atoms with van der Waals surface area (Å²) in [6.07, 6.45) is 2.89. The Kier molecular flexibility index (Phi) is 4.32. The molecule has 92 valence electrons. The van der Waals surface area contributed by atoms with E-state index in [0.29, 0.717) is 5.78 Å². The summed E-state index contributed by atoms with van der Waals surface area (Å²) < 4.78 is 0. The van der Waals surface area contributed by atoms with E-state index < -0.39 is 0 Å². The molecular weight excluding hydrogens is 210 g/mol. The molecule has 0 N–H and O–H groups in total. The van der Waals surface area contributed by atoms with Crippen LogP contribution in [-0.4, -0.2) is 23.8 Å². The highest BCUT2D eigenvalue weighted by atomic mass is 16.1. The molecule has 1 heterocycles. The van der Waals surface area contributed by atoms with E-state index in [1.165, 1.54) is 5.56 Å². The molecule has 0 amide bonds. The van der Waals surface area contributed by atoms with Crippen LogP contribution in [0.5, 0.6) is 0 Å². The third-order valence-corrected chi connectivity index (χ3v) is 3.49. The van der Waals surface area contributed by atoms with E-state index in [2.05, 4.69) is 36.1 Å². The number of likely N-dealkylation sites (tertiary alicyclic amines) is 1. The van der Waals surface area contributed by atoms with Gasteiger partial charge < -0.3 is 0 Å². The van der Waals surface area contributed by atoms with Gasteiger partial charge in [-0.15, -0.1) is 0 Å². The SMILES string of the molecule is CCCC1CN(Cc2ccccc2)CCC1=O. The van der Waals surface area contributed by atoms with Crippen molar-refractivity contribution in [3.63, 3.8) is 0 Å². The van der Waals surface area contributed by atoms with Crippen LogP contribution in [0.1, 0.15) is 31.7 Å². The smallest absolute Gasteiger partial charge is 0.138 e. The molecule has 1 saturated heterocycles. The molecule has 1 fully saturated rings. The zero-order chi connectivity index (χ0) is 12.1. The number of hydrogen-bond acceptors (Lipinski definition) is 2. The van der Waals surface area contributed by atoms with Gasteiger partial charge in [-0.3, -0.25) is 9.69 Å². The summed E-state index contributed by atoms with van der Waals surface area (Å²) in [5.74, 6) is 0.744. The van der Waals surface area contributed by atoms with Gasteiger partial charge in [-0.25, -0.2) is 0 Å². The van der Waals surface area contributed by atoms with Crippen LogP contribution < -0.4 is 0 Å². The molecule has 0 radical (unpaired) electrons. The fraction of sp³-hybridized carbons (Fsp3) is 0.533. The van der Waals surface area contributed by atoms with Gasteiger partial charge in [-0.2, -0.15) is 0 Å². The molecule has 1 atom stereocenters. The first kappa shape index (κ1) is 12.3. The first-order valence-electron chi connectivity index (χ1n) is 6.58. The molecule has 0 bridgehead atoms. The second-order valence-corrected chi connectivity index (χ2v) is 4.92. The van der Waals surface area contributed by atoms with Crippen LogP contribution in [0.15, 0.2) is 30.3 Å². The summed E-state index contributed by atoms with van der Waals surface area (Å²) in [5, 5.41) is 0. The van der Waals surface area contributed by atoms with Crippen molar-refractivity contribution in [3.8, 4) is 0 Å². The number of benzene rings is 1. The number of nitrogens with zero attached hydrogens (tertiary/aromatic N) is 1. The van der Waals surface area contributed by atoms with Crippen LogP contribution in [-0.2, 0) is 11.3 Å². The summed E-state index contributed by atoms with van der Waals surface area (Å²) in [4.78, 5) is 14.2. The van der Waals surface area contributed by atoms with Crippen molar-refractivity contribution in [1.29, 1.82) is 0 Å². The predicted molar refractivity (Wildman–Crippen MR) is 69.7 cm³/mol. The third-order valence-electron chi connectivity index (χ3n) is 3.49. The third kappa shape index (κ3) is 3.40. The Hall–Kier alpha value is -1.15. The van der Waals surface area contributed by atoms with Gasteiger partial charge in [-0.05, 0) is 12.0 Å². The molecule has 1 aliphatic rings. The van der Waals surface area contributed by atoms with Gasteiger partial charge in [-0.1, -0.05) is 43.7 Å². The Balaban J connectivity index is 1.92. The monoisotopic (exact) mass is 231 g/mol. The highest BCUT2D eigenvalue weighted by molar-refractivity contribution is 5.82. The lowest BCUT2D eigenvalue weighted by Crippen LogP contribution is -2.40. The van der Waals surface area contributed by atoms with Crippen molar-refractivity contribution >= 4 is 5.78 Å². The molecule has 2 nitrogen and oxygen atoms in total. The van der Waals surface area contributed by atoms with Crippen LogP contribution in [0, 0.1) is 5.92 Å². The fourth-order valence-corrected chi connectivity index (χ4v) is 2.56. The summed E-state index contributed by atoms with van der Waals surface area (Å²) in [6, 6.07) is 10.5. The number of carbonyl (C=O) groups is 1. The van der Waals surface area contributed by atoms with Gasteiger partial charge >= 0.3 is 0 Å². The maximum absolute atomic E-state index is 11.8. The topological polar surface area (TPSA) is 20.3 Å². The van der Waals surface area contributed by atoms with Crippen LogP contribution in [0.2, 0.25) is 0 Å². The first-order valence-corrected chi connectivity index (χ1v) is 6.58. The normalized spacial score (nSPS) is 21.7. The van der Waals surface area contributed by atoms with E-state index in [0.717, 1.165) is 38.9 Å². The van der Waals surface area contributed by atoms with Crippen LogP contribution in [0.25, 0.3) is 0 Å². The van der Waals surface area contributed by atoms with E-state index in [1.54, 1.807) is 0 Å². The summed E-state index contributed by atoms with van der Waals surface area (Å²) in [7, 11) is 0. The lowest BCUT2D eigenvalue weighted by Gasteiger charge is -2.31. The fourth-order valence-electron chi connectivity index (χ4n) is 2.56. The van der Waals surface area contributed by atoms with Gasteiger partial charge in [0.25, 0.3) is 0 Å². The largest absolute Gasteiger partial charge is 0.299 e. The average molecular weight is 231 g/mol. The van der Waals surface area contributed by atoms with E-state index in [-0.39, 0.29) is 5.92 Å². The quantitative estimate of drug-likeness (QED) is 0.794. The molecule has 1 aromatic rings. The van der Waals surface area contributed by atoms with Gasteiger partial charge in [0.2, 0.25) is 0 Å². The van der Waals surface area contributed by atoms with Gasteiger partial charge in [0.1, 0.15) is 5.78 Å². The number of rotatable bonds is 4.